The Kier molecular flexibility index (Phi) is 9.84. The number of nitrogens with one attached hydrogen (secondary N) is 1. The summed E-state index contributed by atoms with van der Waals surface area (Å²) in [6.07, 6.45) is -3.06. The van der Waals surface area contributed by atoms with Gasteiger partial charge in [0.25, 0.3) is 0 Å². The molecule has 0 unspecified atom stereocenters. The van der Waals surface area contributed by atoms with E-state index in [0.29, 0.717) is 31.2 Å². The molecule has 0 aromatic heterocycles. The van der Waals surface area contributed by atoms with E-state index in [1.54, 1.807) is 5.32 Å². The van der Waals surface area contributed by atoms with Crippen LogP contribution in [0.3, 0.4) is 0 Å². The Morgan fingerprint density at radius 1 is 1.17 bits per heavy atom. The van der Waals surface area contributed by atoms with Crippen LogP contribution in [0.5, 0.6) is 0 Å². The topological polar surface area (TPSA) is 55.4 Å². The molecule has 0 aromatic rings. The monoisotopic (exact) mass is 375 g/mol. The second-order valence-electron chi connectivity index (χ2n) is 6.54. The Labute approximate surface area is 141 Å². The number of carbonyl (C=O) groups excluding carboxylic acids is 2. The second-order valence-corrected chi connectivity index (χ2v) is 12.5. The summed E-state index contributed by atoms with van der Waals surface area (Å²) in [6.45, 7) is 6.44. The summed E-state index contributed by atoms with van der Waals surface area (Å²) in [6, 6.07) is -0.564. The molecule has 1 atom stereocenters. The summed E-state index contributed by atoms with van der Waals surface area (Å²) in [4.78, 5) is 23.0. The number of rotatable bonds is 10. The van der Waals surface area contributed by atoms with Crippen molar-refractivity contribution >= 4 is 31.6 Å². The van der Waals surface area contributed by atoms with Crippen LogP contribution in [0, 0.1) is 0 Å². The number of esters is 1. The highest BCUT2D eigenvalue weighted by atomic mass is 35.5. The maximum Gasteiger partial charge on any atom is 0.471 e. The number of unbranched alkanes of at least 4 members (excludes halogenated alkanes) is 2. The summed E-state index contributed by atoms with van der Waals surface area (Å²) in [7, 11) is -1.42. The lowest BCUT2D eigenvalue weighted by atomic mass is 10.1. The fraction of sp³-hybridized carbons (Fsp3) is 0.857. The number of hydrogen-bond donors (Lipinski definition) is 1. The lowest BCUT2D eigenvalue weighted by Gasteiger charge is -2.20. The molecule has 136 valence electrons. The molecule has 4 nitrogen and oxygen atoms in total. The van der Waals surface area contributed by atoms with Crippen LogP contribution >= 0.6 is 11.6 Å². The van der Waals surface area contributed by atoms with Crippen molar-refractivity contribution in [2.75, 3.05) is 12.5 Å². The molecule has 0 aliphatic heterocycles. The van der Waals surface area contributed by atoms with E-state index in [2.05, 4.69) is 19.6 Å². The molecule has 0 spiro atoms. The fourth-order valence-corrected chi connectivity index (χ4v) is 2.57. The van der Waals surface area contributed by atoms with E-state index in [1.807, 2.05) is 0 Å². The Morgan fingerprint density at radius 2 is 1.78 bits per heavy atom. The normalized spacial score (nSPS) is 13.5. The van der Waals surface area contributed by atoms with E-state index in [4.69, 9.17) is 16.3 Å². The van der Waals surface area contributed by atoms with Crippen LogP contribution in [0.15, 0.2) is 0 Å². The van der Waals surface area contributed by atoms with Crippen LogP contribution in [0.4, 0.5) is 13.2 Å². The predicted octanol–water partition coefficient (Wildman–Crippen LogP) is 3.71. The highest BCUT2D eigenvalue weighted by Crippen LogP contribution is 2.16. The summed E-state index contributed by atoms with van der Waals surface area (Å²) < 4.78 is 42.1. The Bertz CT molecular complexity index is 386. The van der Waals surface area contributed by atoms with Gasteiger partial charge in [-0.25, -0.2) is 4.79 Å². The van der Waals surface area contributed by atoms with Crippen LogP contribution in [0.1, 0.15) is 25.7 Å². The van der Waals surface area contributed by atoms with Gasteiger partial charge in [-0.15, -0.1) is 11.6 Å². The summed E-state index contributed by atoms with van der Waals surface area (Å²) in [5.74, 6) is -2.49. The number of hydrogen-bond acceptors (Lipinski definition) is 3. The first-order valence-electron chi connectivity index (χ1n) is 7.57. The zero-order valence-electron chi connectivity index (χ0n) is 13.8. The van der Waals surface area contributed by atoms with Gasteiger partial charge in [0, 0.05) is 14.0 Å². The number of ether oxygens (including phenoxy) is 1. The first-order valence-corrected chi connectivity index (χ1v) is 11.8. The van der Waals surface area contributed by atoms with Crippen molar-refractivity contribution in [3.05, 3.63) is 0 Å². The van der Waals surface area contributed by atoms with E-state index >= 15 is 0 Å². The van der Waals surface area contributed by atoms with Crippen molar-refractivity contribution in [3.63, 3.8) is 0 Å². The molecule has 0 heterocycles. The lowest BCUT2D eigenvalue weighted by molar-refractivity contribution is -0.176. The van der Waals surface area contributed by atoms with E-state index in [0.717, 1.165) is 0 Å². The molecule has 0 bridgehead atoms. The standard InChI is InChI=1S/C14H25ClF3NO3Si/c1-23(2,3)10-9-22-12(20)11(7-5-4-6-8-15)19-13(21)14(16,17)18/h11H,4-10H2,1-3H3,(H,19,21)/t11-/m0/s1. The van der Waals surface area contributed by atoms with Gasteiger partial charge in [-0.3, -0.25) is 4.79 Å². The minimum Gasteiger partial charge on any atom is -0.464 e. The molecule has 0 radical (unpaired) electrons. The zero-order chi connectivity index (χ0) is 18.1. The first kappa shape index (κ1) is 22.2. The minimum atomic E-state index is -5.02. The van der Waals surface area contributed by atoms with Crippen LogP contribution in [-0.4, -0.2) is 44.7 Å². The van der Waals surface area contributed by atoms with Gasteiger partial charge in [0.15, 0.2) is 0 Å². The van der Waals surface area contributed by atoms with Crippen molar-refractivity contribution in [3.8, 4) is 0 Å². The van der Waals surface area contributed by atoms with Crippen LogP contribution in [0.2, 0.25) is 25.7 Å². The van der Waals surface area contributed by atoms with E-state index in [-0.39, 0.29) is 13.0 Å². The highest BCUT2D eigenvalue weighted by molar-refractivity contribution is 6.76. The largest absolute Gasteiger partial charge is 0.471 e. The molecular formula is C14H25ClF3NO3Si. The summed E-state index contributed by atoms with van der Waals surface area (Å²) in [5, 5.41) is 1.72. The van der Waals surface area contributed by atoms with Crippen molar-refractivity contribution in [1.29, 1.82) is 0 Å². The molecule has 0 saturated carbocycles. The molecule has 9 heteroatoms. The van der Waals surface area contributed by atoms with Crippen molar-refractivity contribution < 1.29 is 27.5 Å². The smallest absolute Gasteiger partial charge is 0.464 e. The molecule has 0 aliphatic carbocycles. The molecule has 0 saturated heterocycles. The Hall–Kier alpha value is -0.763. The molecule has 0 fully saturated rings. The third-order valence-corrected chi connectivity index (χ3v) is 5.04. The van der Waals surface area contributed by atoms with Crippen LogP contribution in [-0.2, 0) is 14.3 Å². The quantitative estimate of drug-likeness (QED) is 0.274. The average molecular weight is 376 g/mol. The van der Waals surface area contributed by atoms with E-state index < -0.39 is 32.2 Å². The van der Waals surface area contributed by atoms with Gasteiger partial charge < -0.3 is 10.1 Å². The first-order chi connectivity index (χ1) is 10.5. The third kappa shape index (κ3) is 11.4. The van der Waals surface area contributed by atoms with Gasteiger partial charge in [0.05, 0.1) is 6.61 Å². The molecular weight excluding hydrogens is 351 g/mol. The van der Waals surface area contributed by atoms with Gasteiger partial charge in [0.2, 0.25) is 0 Å². The van der Waals surface area contributed by atoms with Crippen molar-refractivity contribution in [2.24, 2.45) is 0 Å². The van der Waals surface area contributed by atoms with Gasteiger partial charge >= 0.3 is 18.1 Å². The second kappa shape index (κ2) is 10.2. The van der Waals surface area contributed by atoms with E-state index in [1.165, 1.54) is 0 Å². The summed E-state index contributed by atoms with van der Waals surface area (Å²) >= 11 is 5.53. The molecule has 0 rings (SSSR count). The fourth-order valence-electron chi connectivity index (χ4n) is 1.67. The van der Waals surface area contributed by atoms with Gasteiger partial charge in [-0.05, 0) is 18.9 Å². The zero-order valence-corrected chi connectivity index (χ0v) is 15.5. The van der Waals surface area contributed by atoms with Crippen LogP contribution in [0.25, 0.3) is 0 Å². The van der Waals surface area contributed by atoms with Gasteiger partial charge in [-0.1, -0.05) is 32.5 Å². The number of alkyl halides is 4. The molecule has 0 aliphatic rings. The minimum absolute atomic E-state index is 0.102. The maximum atomic E-state index is 12.3. The Balaban J connectivity index is 4.56. The van der Waals surface area contributed by atoms with Gasteiger partial charge in [-0.2, -0.15) is 13.2 Å². The van der Waals surface area contributed by atoms with E-state index in [9.17, 15) is 22.8 Å². The van der Waals surface area contributed by atoms with Crippen LogP contribution < -0.4 is 5.32 Å². The maximum absolute atomic E-state index is 12.3. The third-order valence-electron chi connectivity index (χ3n) is 3.07. The SMILES string of the molecule is C[Si](C)(C)CCOC(=O)[C@H](CCCCCCl)NC(=O)C(F)(F)F. The number of halogens is 4. The Morgan fingerprint density at radius 3 is 2.26 bits per heavy atom. The summed E-state index contributed by atoms with van der Waals surface area (Å²) in [5.41, 5.74) is 0. The molecule has 1 amide bonds. The molecule has 23 heavy (non-hydrogen) atoms. The number of amides is 1. The predicted molar refractivity (Wildman–Crippen MR) is 86.3 cm³/mol. The van der Waals surface area contributed by atoms with Crippen molar-refractivity contribution in [1.82, 2.24) is 5.32 Å². The van der Waals surface area contributed by atoms with Crippen molar-refractivity contribution in [2.45, 2.75) is 63.6 Å². The van der Waals surface area contributed by atoms with Gasteiger partial charge in [0.1, 0.15) is 6.04 Å². The molecule has 0 aromatic carbocycles. The average Bonchev–Trinajstić information content (AvgIpc) is 2.39. The lowest BCUT2D eigenvalue weighted by Crippen LogP contribution is -2.47. The number of carbonyl (C=O) groups is 2. The molecule has 1 N–H and O–H groups in total. The highest BCUT2D eigenvalue weighted by Gasteiger charge is 2.41.